The van der Waals surface area contributed by atoms with Crippen LogP contribution in [0.2, 0.25) is 0 Å². The molecule has 2 unspecified atom stereocenters. The first-order valence-corrected chi connectivity index (χ1v) is 8.52. The molecule has 128 valence electrons. The van der Waals surface area contributed by atoms with E-state index in [1.54, 1.807) is 0 Å². The number of amides is 2. The van der Waals surface area contributed by atoms with Crippen molar-refractivity contribution in [2.45, 2.75) is 45.1 Å². The Bertz CT molecular complexity index is 476. The molecule has 1 saturated carbocycles. The Morgan fingerprint density at radius 1 is 1.26 bits per heavy atom. The van der Waals surface area contributed by atoms with Gasteiger partial charge in [-0.3, -0.25) is 0 Å². The molecule has 5 heteroatoms. The van der Waals surface area contributed by atoms with Crippen molar-refractivity contribution in [1.82, 2.24) is 10.6 Å². The summed E-state index contributed by atoms with van der Waals surface area (Å²) in [7, 11) is 0. The number of hydrogen-bond acceptors (Lipinski definition) is 3. The standard InChI is InChI=1S/C18H28N2O3/c1-14-6-8-17(9-7-14)23-11-3-10-19-18(22)20-13-15-4-2-5-16(21)12-15/h6-9,15-16,21H,2-5,10-13H2,1H3,(H2,19,20,22). The SMILES string of the molecule is Cc1ccc(OCCCNC(=O)NCC2CCCC(O)C2)cc1. The Balaban J connectivity index is 1.50. The van der Waals surface area contributed by atoms with Crippen LogP contribution in [0.25, 0.3) is 0 Å². The third-order valence-electron chi connectivity index (χ3n) is 4.20. The average Bonchev–Trinajstić information content (AvgIpc) is 2.54. The van der Waals surface area contributed by atoms with Gasteiger partial charge in [0.15, 0.2) is 0 Å². The van der Waals surface area contributed by atoms with Crippen LogP contribution in [0.1, 0.15) is 37.7 Å². The first-order chi connectivity index (χ1) is 11.1. The second-order valence-corrected chi connectivity index (χ2v) is 6.34. The summed E-state index contributed by atoms with van der Waals surface area (Å²) in [5, 5.41) is 15.3. The van der Waals surface area contributed by atoms with Crippen LogP contribution in [0, 0.1) is 12.8 Å². The second-order valence-electron chi connectivity index (χ2n) is 6.34. The molecule has 0 aliphatic heterocycles. The molecule has 3 N–H and O–H groups in total. The lowest BCUT2D eigenvalue weighted by Crippen LogP contribution is -2.40. The summed E-state index contributed by atoms with van der Waals surface area (Å²) in [6.07, 6.45) is 4.39. The molecule has 0 spiro atoms. The summed E-state index contributed by atoms with van der Waals surface area (Å²) in [4.78, 5) is 11.7. The molecule has 0 heterocycles. The maximum atomic E-state index is 11.7. The van der Waals surface area contributed by atoms with Crippen molar-refractivity contribution in [3.8, 4) is 5.75 Å². The van der Waals surface area contributed by atoms with Crippen LogP contribution in [0.3, 0.4) is 0 Å². The zero-order valence-corrected chi connectivity index (χ0v) is 13.9. The maximum absolute atomic E-state index is 11.7. The van der Waals surface area contributed by atoms with Crippen molar-refractivity contribution in [2.75, 3.05) is 19.7 Å². The first-order valence-electron chi connectivity index (χ1n) is 8.52. The molecule has 2 amide bonds. The van der Waals surface area contributed by atoms with Gasteiger partial charge in [-0.05, 0) is 50.7 Å². The van der Waals surface area contributed by atoms with E-state index < -0.39 is 0 Å². The van der Waals surface area contributed by atoms with Gasteiger partial charge in [0, 0.05) is 13.1 Å². The largest absolute Gasteiger partial charge is 0.494 e. The van der Waals surface area contributed by atoms with E-state index in [4.69, 9.17) is 4.74 Å². The Morgan fingerprint density at radius 2 is 2.04 bits per heavy atom. The highest BCUT2D eigenvalue weighted by Gasteiger charge is 2.20. The predicted octanol–water partition coefficient (Wildman–Crippen LogP) is 2.61. The minimum atomic E-state index is -0.197. The van der Waals surface area contributed by atoms with E-state index in [1.807, 2.05) is 31.2 Å². The van der Waals surface area contributed by atoms with Gasteiger partial charge in [-0.1, -0.05) is 24.1 Å². The van der Waals surface area contributed by atoms with Gasteiger partial charge in [-0.25, -0.2) is 4.79 Å². The number of ether oxygens (including phenoxy) is 1. The lowest BCUT2D eigenvalue weighted by molar-refractivity contribution is 0.101. The lowest BCUT2D eigenvalue weighted by Gasteiger charge is -2.25. The van der Waals surface area contributed by atoms with Crippen molar-refractivity contribution < 1.29 is 14.6 Å². The fourth-order valence-electron chi connectivity index (χ4n) is 2.85. The highest BCUT2D eigenvalue weighted by molar-refractivity contribution is 5.73. The molecule has 1 aliphatic rings. The fraction of sp³-hybridized carbons (Fsp3) is 0.611. The third-order valence-corrected chi connectivity index (χ3v) is 4.20. The number of carbonyl (C=O) groups excluding carboxylic acids is 1. The summed E-state index contributed by atoms with van der Waals surface area (Å²) >= 11 is 0. The van der Waals surface area contributed by atoms with Crippen LogP contribution < -0.4 is 15.4 Å². The smallest absolute Gasteiger partial charge is 0.314 e. The Kier molecular flexibility index (Phi) is 7.20. The van der Waals surface area contributed by atoms with Crippen molar-refractivity contribution in [2.24, 2.45) is 5.92 Å². The van der Waals surface area contributed by atoms with Crippen molar-refractivity contribution in [3.63, 3.8) is 0 Å². The van der Waals surface area contributed by atoms with Crippen LogP contribution in [0.15, 0.2) is 24.3 Å². The predicted molar refractivity (Wildman–Crippen MR) is 90.7 cm³/mol. The number of aryl methyl sites for hydroxylation is 1. The van der Waals surface area contributed by atoms with E-state index in [0.29, 0.717) is 25.6 Å². The number of benzene rings is 1. The maximum Gasteiger partial charge on any atom is 0.314 e. The van der Waals surface area contributed by atoms with Gasteiger partial charge in [-0.15, -0.1) is 0 Å². The molecule has 23 heavy (non-hydrogen) atoms. The van der Waals surface area contributed by atoms with Crippen LogP contribution in [0.5, 0.6) is 5.75 Å². The topological polar surface area (TPSA) is 70.6 Å². The van der Waals surface area contributed by atoms with Gasteiger partial charge < -0.3 is 20.5 Å². The van der Waals surface area contributed by atoms with Gasteiger partial charge in [0.05, 0.1) is 12.7 Å². The molecule has 0 aromatic heterocycles. The molecular formula is C18H28N2O3. The van der Waals surface area contributed by atoms with Gasteiger partial charge in [-0.2, -0.15) is 0 Å². The number of rotatable bonds is 7. The summed E-state index contributed by atoms with van der Waals surface area (Å²) in [6, 6.07) is 7.80. The zero-order valence-electron chi connectivity index (χ0n) is 13.9. The van der Waals surface area contributed by atoms with E-state index >= 15 is 0 Å². The number of urea groups is 1. The second kappa shape index (κ2) is 9.40. The Labute approximate surface area is 138 Å². The molecule has 2 atom stereocenters. The number of aliphatic hydroxyl groups is 1. The fourth-order valence-corrected chi connectivity index (χ4v) is 2.85. The minimum absolute atomic E-state index is 0.139. The monoisotopic (exact) mass is 320 g/mol. The molecule has 0 radical (unpaired) electrons. The van der Waals surface area contributed by atoms with Crippen molar-refractivity contribution in [1.29, 1.82) is 0 Å². The normalized spacial score (nSPS) is 20.8. The van der Waals surface area contributed by atoms with Crippen LogP contribution >= 0.6 is 0 Å². The molecule has 1 fully saturated rings. The molecule has 0 bridgehead atoms. The molecule has 0 saturated heterocycles. The first kappa shape index (κ1) is 17.6. The molecule has 1 aromatic carbocycles. The van der Waals surface area contributed by atoms with Crippen LogP contribution in [-0.2, 0) is 0 Å². The highest BCUT2D eigenvalue weighted by atomic mass is 16.5. The summed E-state index contributed by atoms with van der Waals surface area (Å²) in [6.45, 7) is 3.85. The number of aliphatic hydroxyl groups excluding tert-OH is 1. The molecule has 1 aliphatic carbocycles. The summed E-state index contributed by atoms with van der Waals surface area (Å²) in [5.74, 6) is 1.25. The summed E-state index contributed by atoms with van der Waals surface area (Å²) < 4.78 is 5.61. The van der Waals surface area contributed by atoms with E-state index in [0.717, 1.165) is 37.9 Å². The van der Waals surface area contributed by atoms with Gasteiger partial charge in [0.2, 0.25) is 0 Å². The Morgan fingerprint density at radius 3 is 2.78 bits per heavy atom. The average molecular weight is 320 g/mol. The van der Waals surface area contributed by atoms with Gasteiger partial charge in [0.1, 0.15) is 5.75 Å². The molecule has 1 aromatic rings. The van der Waals surface area contributed by atoms with Crippen LogP contribution in [0.4, 0.5) is 4.79 Å². The third kappa shape index (κ3) is 6.91. The molecule has 5 nitrogen and oxygen atoms in total. The van der Waals surface area contributed by atoms with E-state index in [9.17, 15) is 9.90 Å². The molecular weight excluding hydrogens is 292 g/mol. The quantitative estimate of drug-likeness (QED) is 0.676. The van der Waals surface area contributed by atoms with Gasteiger partial charge >= 0.3 is 6.03 Å². The highest BCUT2D eigenvalue weighted by Crippen LogP contribution is 2.23. The molecule has 2 rings (SSSR count). The lowest BCUT2D eigenvalue weighted by atomic mass is 9.87. The van der Waals surface area contributed by atoms with Crippen LogP contribution in [-0.4, -0.2) is 36.9 Å². The Hall–Kier alpha value is -1.75. The van der Waals surface area contributed by atoms with E-state index in [-0.39, 0.29) is 12.1 Å². The van der Waals surface area contributed by atoms with Gasteiger partial charge in [0.25, 0.3) is 0 Å². The van der Waals surface area contributed by atoms with Crippen molar-refractivity contribution >= 4 is 6.03 Å². The number of carbonyl (C=O) groups is 1. The van der Waals surface area contributed by atoms with E-state index in [2.05, 4.69) is 10.6 Å². The number of hydrogen-bond donors (Lipinski definition) is 3. The van der Waals surface area contributed by atoms with Crippen molar-refractivity contribution in [3.05, 3.63) is 29.8 Å². The summed E-state index contributed by atoms with van der Waals surface area (Å²) in [5.41, 5.74) is 1.21. The van der Waals surface area contributed by atoms with E-state index in [1.165, 1.54) is 5.56 Å². The zero-order chi connectivity index (χ0) is 16.5. The minimum Gasteiger partial charge on any atom is -0.494 e. The number of nitrogens with one attached hydrogen (secondary N) is 2.